The van der Waals surface area contributed by atoms with Crippen LogP contribution >= 0.6 is 11.3 Å². The van der Waals surface area contributed by atoms with Crippen LogP contribution in [0.4, 0.5) is 0 Å². The molecule has 2 aromatic heterocycles. The fourth-order valence-electron chi connectivity index (χ4n) is 3.40. The third kappa shape index (κ3) is 3.52. The van der Waals surface area contributed by atoms with Crippen LogP contribution in [0.15, 0.2) is 71.9 Å². The minimum atomic E-state index is -0.697. The van der Waals surface area contributed by atoms with Gasteiger partial charge in [0.15, 0.2) is 0 Å². The Labute approximate surface area is 171 Å². The van der Waals surface area contributed by atoms with Crippen LogP contribution in [-0.2, 0) is 16.1 Å². The van der Waals surface area contributed by atoms with E-state index in [1.165, 1.54) is 23.3 Å². The monoisotopic (exact) mass is 406 g/mol. The SMILES string of the molecule is COc1cccc(/C(O)=C2\C(=O)C(=O)N(Cc3ccncc3)C2c2cccs2)c1. The number of likely N-dealkylation sites (tertiary alicyclic amines) is 1. The van der Waals surface area contributed by atoms with E-state index >= 15 is 0 Å². The number of ketones is 1. The summed E-state index contributed by atoms with van der Waals surface area (Å²) in [4.78, 5) is 32.1. The Kier molecular flexibility index (Phi) is 5.14. The van der Waals surface area contributed by atoms with Gasteiger partial charge in [-0.2, -0.15) is 0 Å². The third-order valence-electron chi connectivity index (χ3n) is 4.80. The topological polar surface area (TPSA) is 79.7 Å². The lowest BCUT2D eigenvalue weighted by Gasteiger charge is -2.24. The van der Waals surface area contributed by atoms with Gasteiger partial charge in [-0.15, -0.1) is 11.3 Å². The third-order valence-corrected chi connectivity index (χ3v) is 5.72. The summed E-state index contributed by atoms with van der Waals surface area (Å²) in [5.41, 5.74) is 1.36. The molecule has 1 saturated heterocycles. The molecule has 1 aliphatic heterocycles. The van der Waals surface area contributed by atoms with Crippen LogP contribution in [0.5, 0.6) is 5.75 Å². The van der Waals surface area contributed by atoms with E-state index in [0.717, 1.165) is 10.4 Å². The van der Waals surface area contributed by atoms with E-state index in [1.54, 1.807) is 48.8 Å². The summed E-state index contributed by atoms with van der Waals surface area (Å²) in [7, 11) is 1.53. The van der Waals surface area contributed by atoms with E-state index in [4.69, 9.17) is 4.74 Å². The van der Waals surface area contributed by atoms with Crippen molar-refractivity contribution in [2.45, 2.75) is 12.6 Å². The fraction of sp³-hybridized carbons (Fsp3) is 0.136. The number of methoxy groups -OCH3 is 1. The molecule has 1 amide bonds. The number of pyridine rings is 1. The van der Waals surface area contributed by atoms with Crippen molar-refractivity contribution in [3.8, 4) is 5.75 Å². The first-order chi connectivity index (χ1) is 14.1. The number of amides is 1. The fourth-order valence-corrected chi connectivity index (χ4v) is 4.24. The van der Waals surface area contributed by atoms with E-state index in [9.17, 15) is 14.7 Å². The second-order valence-electron chi connectivity index (χ2n) is 6.53. The van der Waals surface area contributed by atoms with Crippen molar-refractivity contribution >= 4 is 28.8 Å². The first-order valence-electron chi connectivity index (χ1n) is 8.95. The largest absolute Gasteiger partial charge is 0.507 e. The normalized spacial score (nSPS) is 18.2. The van der Waals surface area contributed by atoms with Crippen molar-refractivity contribution < 1.29 is 19.4 Å². The summed E-state index contributed by atoms with van der Waals surface area (Å²) >= 11 is 1.43. The Hall–Kier alpha value is -3.45. The summed E-state index contributed by atoms with van der Waals surface area (Å²) < 4.78 is 5.21. The molecule has 1 atom stereocenters. The Balaban J connectivity index is 1.83. The highest BCUT2D eigenvalue weighted by molar-refractivity contribution is 7.10. The molecule has 4 rings (SSSR count). The number of ether oxygens (including phenoxy) is 1. The molecular formula is C22H18N2O4S. The molecule has 6 nitrogen and oxygen atoms in total. The maximum atomic E-state index is 12.9. The molecule has 29 heavy (non-hydrogen) atoms. The van der Waals surface area contributed by atoms with Gasteiger partial charge in [0.2, 0.25) is 0 Å². The van der Waals surface area contributed by atoms with Crippen LogP contribution in [0.2, 0.25) is 0 Å². The van der Waals surface area contributed by atoms with Crippen LogP contribution in [0, 0.1) is 0 Å². The van der Waals surface area contributed by atoms with Gasteiger partial charge in [-0.3, -0.25) is 14.6 Å². The Bertz CT molecular complexity index is 1080. The molecule has 7 heteroatoms. The van der Waals surface area contributed by atoms with Gasteiger partial charge in [0.1, 0.15) is 11.5 Å². The van der Waals surface area contributed by atoms with Crippen molar-refractivity contribution in [2.24, 2.45) is 0 Å². The molecular weight excluding hydrogens is 388 g/mol. The first kappa shape index (κ1) is 18.9. The molecule has 1 aliphatic rings. The number of rotatable bonds is 5. The average molecular weight is 406 g/mol. The predicted octanol–water partition coefficient (Wildman–Crippen LogP) is 3.77. The summed E-state index contributed by atoms with van der Waals surface area (Å²) in [6, 6.07) is 13.4. The second kappa shape index (κ2) is 7.89. The zero-order valence-electron chi connectivity index (χ0n) is 15.6. The number of benzene rings is 1. The Morgan fingerprint density at radius 3 is 2.66 bits per heavy atom. The number of aliphatic hydroxyl groups excluding tert-OH is 1. The second-order valence-corrected chi connectivity index (χ2v) is 7.51. The summed E-state index contributed by atoms with van der Waals surface area (Å²) in [6.07, 6.45) is 3.28. The van der Waals surface area contributed by atoms with Crippen molar-refractivity contribution in [1.82, 2.24) is 9.88 Å². The number of thiophene rings is 1. The average Bonchev–Trinajstić information content (AvgIpc) is 3.37. The molecule has 0 bridgehead atoms. The van der Waals surface area contributed by atoms with E-state index in [-0.39, 0.29) is 17.9 Å². The van der Waals surface area contributed by atoms with Gasteiger partial charge in [0, 0.05) is 29.4 Å². The first-order valence-corrected chi connectivity index (χ1v) is 9.83. The summed E-state index contributed by atoms with van der Waals surface area (Å²) in [5, 5.41) is 12.9. The van der Waals surface area contributed by atoms with Gasteiger partial charge in [0.05, 0.1) is 18.7 Å². The zero-order valence-corrected chi connectivity index (χ0v) is 16.4. The van der Waals surface area contributed by atoms with Crippen LogP contribution in [0.1, 0.15) is 22.0 Å². The smallest absolute Gasteiger partial charge is 0.295 e. The summed E-state index contributed by atoms with van der Waals surface area (Å²) in [6.45, 7) is 0.241. The van der Waals surface area contributed by atoms with Gasteiger partial charge in [-0.05, 0) is 41.3 Å². The quantitative estimate of drug-likeness (QED) is 0.396. The molecule has 1 unspecified atom stereocenters. The Morgan fingerprint density at radius 1 is 1.17 bits per heavy atom. The minimum Gasteiger partial charge on any atom is -0.507 e. The number of hydrogen-bond donors (Lipinski definition) is 1. The number of hydrogen-bond acceptors (Lipinski definition) is 6. The van der Waals surface area contributed by atoms with Crippen molar-refractivity contribution in [1.29, 1.82) is 0 Å². The number of Topliss-reactive ketones (excluding diaryl/α,β-unsaturated/α-hetero) is 1. The molecule has 0 saturated carbocycles. The molecule has 3 aromatic rings. The highest BCUT2D eigenvalue weighted by Crippen LogP contribution is 2.42. The molecule has 1 fully saturated rings. The molecule has 0 aliphatic carbocycles. The predicted molar refractivity (Wildman–Crippen MR) is 109 cm³/mol. The molecule has 0 radical (unpaired) electrons. The Morgan fingerprint density at radius 2 is 1.97 bits per heavy atom. The van der Waals surface area contributed by atoms with Crippen LogP contribution < -0.4 is 4.74 Å². The van der Waals surface area contributed by atoms with Gasteiger partial charge in [0.25, 0.3) is 11.7 Å². The molecule has 0 spiro atoms. The molecule has 1 N–H and O–H groups in total. The highest BCUT2D eigenvalue weighted by Gasteiger charge is 2.46. The maximum absolute atomic E-state index is 12.9. The number of carbonyl (C=O) groups excluding carboxylic acids is 2. The van der Waals surface area contributed by atoms with Crippen LogP contribution in [0.3, 0.4) is 0 Å². The standard InChI is InChI=1S/C22H18N2O4S/c1-28-16-5-2-4-15(12-16)20(25)18-19(17-6-3-11-29-17)24(22(27)21(18)26)13-14-7-9-23-10-8-14/h2-12,19,25H,13H2,1H3/b20-18+. The molecule has 3 heterocycles. The zero-order chi connectivity index (χ0) is 20.4. The van der Waals surface area contributed by atoms with Crippen LogP contribution in [0.25, 0.3) is 5.76 Å². The maximum Gasteiger partial charge on any atom is 0.295 e. The van der Waals surface area contributed by atoms with Gasteiger partial charge < -0.3 is 14.7 Å². The van der Waals surface area contributed by atoms with Crippen molar-refractivity contribution in [3.05, 3.63) is 87.9 Å². The number of nitrogens with zero attached hydrogens (tertiary/aromatic N) is 2. The van der Waals surface area contributed by atoms with Gasteiger partial charge in [-0.25, -0.2) is 0 Å². The summed E-state index contributed by atoms with van der Waals surface area (Å²) in [5.74, 6) is -0.993. The van der Waals surface area contributed by atoms with E-state index in [0.29, 0.717) is 11.3 Å². The van der Waals surface area contributed by atoms with Crippen molar-refractivity contribution in [2.75, 3.05) is 7.11 Å². The lowest BCUT2D eigenvalue weighted by atomic mass is 9.99. The van der Waals surface area contributed by atoms with Crippen molar-refractivity contribution in [3.63, 3.8) is 0 Å². The molecule has 1 aromatic carbocycles. The van der Waals surface area contributed by atoms with Gasteiger partial charge in [-0.1, -0.05) is 18.2 Å². The van der Waals surface area contributed by atoms with E-state index in [2.05, 4.69) is 4.98 Å². The van der Waals surface area contributed by atoms with Gasteiger partial charge >= 0.3 is 0 Å². The van der Waals surface area contributed by atoms with E-state index in [1.807, 2.05) is 17.5 Å². The minimum absolute atomic E-state index is 0.0831. The molecule has 146 valence electrons. The number of aliphatic hydroxyl groups is 1. The highest BCUT2D eigenvalue weighted by atomic mass is 32.1. The van der Waals surface area contributed by atoms with Crippen LogP contribution in [-0.4, -0.2) is 33.8 Å². The number of carbonyl (C=O) groups is 2. The number of aromatic nitrogens is 1. The van der Waals surface area contributed by atoms with E-state index < -0.39 is 17.7 Å². The lowest BCUT2D eigenvalue weighted by Crippen LogP contribution is -2.28. The lowest BCUT2D eigenvalue weighted by molar-refractivity contribution is -0.140.